The van der Waals surface area contributed by atoms with E-state index in [1.165, 1.54) is 24.0 Å². The van der Waals surface area contributed by atoms with Crippen LogP contribution in [0.25, 0.3) is 0 Å². The molecule has 1 unspecified atom stereocenters. The van der Waals surface area contributed by atoms with Gasteiger partial charge < -0.3 is 15.0 Å². The Balaban J connectivity index is 1.41. The van der Waals surface area contributed by atoms with Crippen LogP contribution in [0.3, 0.4) is 0 Å². The molecule has 6 rings (SSSR count). The molecule has 4 aliphatic rings. The SMILES string of the molecule is C=S1(=O)CCCCC[C@@H](NC)[C@@H]2CC[C@H]2CN2C[C@@]3(CCCc4cc(Cl)ccc43)COc3ccc(cc32)C(=O)N1. The number of halogens is 1. The molecule has 2 aromatic carbocycles. The van der Waals surface area contributed by atoms with Crippen molar-refractivity contribution in [2.24, 2.45) is 11.8 Å². The summed E-state index contributed by atoms with van der Waals surface area (Å²) in [6, 6.07) is 12.5. The second-order valence-electron chi connectivity index (χ2n) is 12.5. The van der Waals surface area contributed by atoms with Crippen molar-refractivity contribution in [1.82, 2.24) is 10.0 Å². The number of aryl methyl sites for hydroxylation is 1. The van der Waals surface area contributed by atoms with Gasteiger partial charge in [0, 0.05) is 50.6 Å². The number of ether oxygens (including phenoxy) is 1. The number of anilines is 1. The van der Waals surface area contributed by atoms with Crippen LogP contribution < -0.4 is 19.7 Å². The fraction of sp³-hybridized carbons (Fsp3) is 0.562. The van der Waals surface area contributed by atoms with Gasteiger partial charge in [-0.1, -0.05) is 30.5 Å². The van der Waals surface area contributed by atoms with E-state index in [2.05, 4.69) is 40.0 Å². The summed E-state index contributed by atoms with van der Waals surface area (Å²) in [6.45, 7) is 2.36. The van der Waals surface area contributed by atoms with Crippen molar-refractivity contribution in [1.29, 1.82) is 0 Å². The predicted molar refractivity (Wildman–Crippen MR) is 165 cm³/mol. The molecule has 216 valence electrons. The van der Waals surface area contributed by atoms with E-state index >= 15 is 0 Å². The van der Waals surface area contributed by atoms with E-state index in [1.807, 2.05) is 18.2 Å². The fourth-order valence-electron chi connectivity index (χ4n) is 7.62. The Hall–Kier alpha value is -2.22. The summed E-state index contributed by atoms with van der Waals surface area (Å²) in [4.78, 5) is 15.8. The van der Waals surface area contributed by atoms with Crippen LogP contribution in [-0.4, -0.2) is 54.5 Å². The van der Waals surface area contributed by atoms with E-state index in [-0.39, 0.29) is 11.3 Å². The number of nitrogens with zero attached hydrogens (tertiary/aromatic N) is 1. The molecule has 2 aromatic rings. The van der Waals surface area contributed by atoms with E-state index in [4.69, 9.17) is 16.3 Å². The van der Waals surface area contributed by atoms with Gasteiger partial charge in [0.05, 0.1) is 12.3 Å². The third-order valence-corrected chi connectivity index (χ3v) is 11.6. The van der Waals surface area contributed by atoms with Crippen molar-refractivity contribution in [2.75, 3.05) is 37.4 Å². The summed E-state index contributed by atoms with van der Waals surface area (Å²) in [5, 5.41) is 4.41. The highest BCUT2D eigenvalue weighted by Gasteiger charge is 2.44. The third kappa shape index (κ3) is 5.49. The van der Waals surface area contributed by atoms with Crippen LogP contribution in [0, 0.1) is 11.8 Å². The van der Waals surface area contributed by atoms with Gasteiger partial charge in [0.2, 0.25) is 0 Å². The molecule has 1 spiro atoms. The van der Waals surface area contributed by atoms with Crippen LogP contribution in [0.15, 0.2) is 36.4 Å². The number of hydrogen-bond donors (Lipinski definition) is 2. The van der Waals surface area contributed by atoms with Crippen LogP contribution in [0.5, 0.6) is 5.75 Å². The van der Waals surface area contributed by atoms with E-state index in [0.29, 0.717) is 35.8 Å². The molecule has 2 aliphatic heterocycles. The summed E-state index contributed by atoms with van der Waals surface area (Å²) in [7, 11) is -0.613. The van der Waals surface area contributed by atoms with Crippen molar-refractivity contribution in [3.63, 3.8) is 0 Å². The Morgan fingerprint density at radius 2 is 2.00 bits per heavy atom. The number of carbonyl (C=O) groups is 1. The van der Waals surface area contributed by atoms with Crippen molar-refractivity contribution in [3.8, 4) is 5.75 Å². The molecule has 2 N–H and O–H groups in total. The minimum absolute atomic E-state index is 0.149. The van der Waals surface area contributed by atoms with Crippen molar-refractivity contribution in [3.05, 3.63) is 58.1 Å². The average molecular weight is 584 g/mol. The van der Waals surface area contributed by atoms with Crippen molar-refractivity contribution < 1.29 is 13.7 Å². The number of benzene rings is 2. The van der Waals surface area contributed by atoms with Gasteiger partial charge in [0.25, 0.3) is 5.91 Å². The monoisotopic (exact) mass is 583 g/mol. The standard InChI is InChI=1S/C32H42ClN3O3S/c1-34-28-8-4-3-5-16-40(2,38)35-31(37)23-10-14-30-29(18-23)36(19-24-9-12-26(24)28)20-32(21-39-30)15-6-7-22-17-25(33)11-13-27(22)32/h10-11,13-14,17-18,24,26,28,34H,2-9,12,15-16,19-21H2,1H3,(H,35,37,38)/t24-,26+,28+,32-,40?/m0/s1. The van der Waals surface area contributed by atoms with E-state index in [0.717, 1.165) is 74.5 Å². The Bertz CT molecular complexity index is 1380. The highest BCUT2D eigenvalue weighted by molar-refractivity contribution is 7.99. The smallest absolute Gasteiger partial charge is 0.262 e. The average Bonchev–Trinajstić information content (AvgIpc) is 3.06. The first-order valence-corrected chi connectivity index (χ1v) is 17.2. The second-order valence-corrected chi connectivity index (χ2v) is 15.2. The number of nitrogens with one attached hydrogen (secondary N) is 2. The van der Waals surface area contributed by atoms with E-state index < -0.39 is 9.71 Å². The van der Waals surface area contributed by atoms with Gasteiger partial charge in [-0.2, -0.15) is 0 Å². The van der Waals surface area contributed by atoms with Crippen LogP contribution in [-0.2, 0) is 21.5 Å². The maximum Gasteiger partial charge on any atom is 0.262 e. The molecule has 2 bridgehead atoms. The van der Waals surface area contributed by atoms with Crippen LogP contribution in [0.4, 0.5) is 5.69 Å². The first-order valence-electron chi connectivity index (χ1n) is 14.9. The largest absolute Gasteiger partial charge is 0.490 e. The molecule has 40 heavy (non-hydrogen) atoms. The first-order chi connectivity index (χ1) is 19.3. The molecule has 0 saturated heterocycles. The normalized spacial score (nSPS) is 32.6. The highest BCUT2D eigenvalue weighted by atomic mass is 35.5. The number of rotatable bonds is 1. The quantitative estimate of drug-likeness (QED) is 0.442. The lowest BCUT2D eigenvalue weighted by Gasteiger charge is -2.46. The molecule has 1 amide bonds. The molecular weight excluding hydrogens is 542 g/mol. The van der Waals surface area contributed by atoms with E-state index in [1.54, 1.807) is 6.07 Å². The Kier molecular flexibility index (Phi) is 7.83. The number of carbonyl (C=O) groups excluding carboxylic acids is 1. The van der Waals surface area contributed by atoms with Crippen molar-refractivity contribution in [2.45, 2.75) is 69.2 Å². The van der Waals surface area contributed by atoms with Gasteiger partial charge in [-0.25, -0.2) is 4.21 Å². The predicted octanol–water partition coefficient (Wildman–Crippen LogP) is 5.36. The molecule has 2 aliphatic carbocycles. The Morgan fingerprint density at radius 3 is 2.80 bits per heavy atom. The van der Waals surface area contributed by atoms with Gasteiger partial charge in [-0.3, -0.25) is 9.52 Å². The second kappa shape index (κ2) is 11.2. The van der Waals surface area contributed by atoms with Crippen molar-refractivity contribution >= 4 is 38.8 Å². The Labute approximate surface area is 244 Å². The summed E-state index contributed by atoms with van der Waals surface area (Å²) >= 11 is 6.42. The lowest BCUT2D eigenvalue weighted by molar-refractivity contribution is 0.0982. The lowest BCUT2D eigenvalue weighted by atomic mass is 9.67. The number of hydrogen-bond acceptors (Lipinski definition) is 5. The zero-order valence-electron chi connectivity index (χ0n) is 23.6. The molecule has 6 nitrogen and oxygen atoms in total. The fourth-order valence-corrected chi connectivity index (χ4v) is 9.04. The van der Waals surface area contributed by atoms with Gasteiger partial charge >= 0.3 is 0 Å². The number of fused-ring (bicyclic) bond motifs is 4. The highest BCUT2D eigenvalue weighted by Crippen LogP contribution is 2.47. The first kappa shape index (κ1) is 27.9. The molecule has 5 atom stereocenters. The zero-order chi connectivity index (χ0) is 27.9. The minimum atomic E-state index is -2.71. The van der Waals surface area contributed by atoms with Crippen LogP contribution in [0.2, 0.25) is 5.02 Å². The molecule has 1 fully saturated rings. The molecular formula is C32H42ClN3O3S. The number of amides is 1. The zero-order valence-corrected chi connectivity index (χ0v) is 25.1. The van der Waals surface area contributed by atoms with Gasteiger partial charge in [-0.05, 0) is 111 Å². The van der Waals surface area contributed by atoms with Gasteiger partial charge in [-0.15, -0.1) is 0 Å². The summed E-state index contributed by atoms with van der Waals surface area (Å²) in [5.74, 6) is 5.98. The maximum absolute atomic E-state index is 13.3. The minimum Gasteiger partial charge on any atom is -0.490 e. The summed E-state index contributed by atoms with van der Waals surface area (Å²) < 4.78 is 22.5. The van der Waals surface area contributed by atoms with Gasteiger partial charge in [0.1, 0.15) is 5.75 Å². The third-order valence-electron chi connectivity index (χ3n) is 9.89. The lowest BCUT2D eigenvalue weighted by Crippen LogP contribution is -2.51. The van der Waals surface area contributed by atoms with Crippen LogP contribution in [0.1, 0.15) is 72.9 Å². The topological polar surface area (TPSA) is 70.7 Å². The summed E-state index contributed by atoms with van der Waals surface area (Å²) in [6.07, 6.45) is 9.64. The maximum atomic E-state index is 13.3. The van der Waals surface area contributed by atoms with Crippen LogP contribution >= 0.6 is 11.6 Å². The van der Waals surface area contributed by atoms with E-state index in [9.17, 15) is 9.00 Å². The summed E-state index contributed by atoms with van der Waals surface area (Å²) in [5.41, 5.74) is 3.98. The molecule has 8 heteroatoms. The Morgan fingerprint density at radius 1 is 1.12 bits per heavy atom. The molecule has 0 radical (unpaired) electrons. The molecule has 1 saturated carbocycles. The molecule has 0 aromatic heterocycles. The van der Waals surface area contributed by atoms with Gasteiger partial charge in [0.15, 0.2) is 0 Å². The molecule has 2 heterocycles.